The van der Waals surface area contributed by atoms with Gasteiger partial charge in [0.1, 0.15) is 0 Å². The fourth-order valence-electron chi connectivity index (χ4n) is 2.13. The van der Waals surface area contributed by atoms with Crippen molar-refractivity contribution in [2.24, 2.45) is 17.3 Å². The van der Waals surface area contributed by atoms with Crippen molar-refractivity contribution in [1.29, 1.82) is 0 Å². The molecule has 0 spiro atoms. The Balaban J connectivity index is 2.82. The van der Waals surface area contributed by atoms with E-state index in [2.05, 4.69) is 40.9 Å². The number of allylic oxidation sites excluding steroid dienone is 2. The molecular formula is C13H22. The summed E-state index contributed by atoms with van der Waals surface area (Å²) in [5.41, 5.74) is 3.15. The highest BCUT2D eigenvalue weighted by Gasteiger charge is 2.34. The maximum absolute atomic E-state index is 4.16. The van der Waals surface area contributed by atoms with Crippen LogP contribution in [0.4, 0.5) is 0 Å². The standard InChI is InChI=1S/C13H22/c1-9-7-8-10(2)12(9)11(3)13(4,5)6/h11-12H,1-2,7-8H2,3-6H3. The van der Waals surface area contributed by atoms with Gasteiger partial charge < -0.3 is 0 Å². The molecule has 0 aromatic carbocycles. The van der Waals surface area contributed by atoms with Crippen LogP contribution >= 0.6 is 0 Å². The fourth-order valence-corrected chi connectivity index (χ4v) is 2.13. The van der Waals surface area contributed by atoms with Crippen LogP contribution in [-0.2, 0) is 0 Å². The van der Waals surface area contributed by atoms with E-state index in [9.17, 15) is 0 Å². The van der Waals surface area contributed by atoms with Crippen LogP contribution in [0, 0.1) is 17.3 Å². The Bertz CT molecular complexity index is 211. The summed E-state index contributed by atoms with van der Waals surface area (Å²) in [6.07, 6.45) is 2.31. The molecule has 0 heterocycles. The molecule has 0 aromatic heterocycles. The molecule has 1 rings (SSSR count). The largest absolute Gasteiger partial charge is 0.0992 e. The van der Waals surface area contributed by atoms with Crippen LogP contribution < -0.4 is 0 Å². The highest BCUT2D eigenvalue weighted by atomic mass is 14.4. The lowest BCUT2D eigenvalue weighted by Gasteiger charge is -2.33. The van der Waals surface area contributed by atoms with Gasteiger partial charge in [0.15, 0.2) is 0 Å². The Morgan fingerprint density at radius 1 is 1.15 bits per heavy atom. The highest BCUT2D eigenvalue weighted by Crippen LogP contribution is 2.45. The summed E-state index contributed by atoms with van der Waals surface area (Å²) in [5, 5.41) is 0. The van der Waals surface area contributed by atoms with Crippen molar-refractivity contribution in [2.45, 2.75) is 40.5 Å². The molecule has 0 bridgehead atoms. The van der Waals surface area contributed by atoms with Crippen LogP contribution in [0.15, 0.2) is 24.3 Å². The Morgan fingerprint density at radius 3 is 1.85 bits per heavy atom. The molecule has 1 unspecified atom stereocenters. The lowest BCUT2D eigenvalue weighted by Crippen LogP contribution is -2.25. The molecule has 13 heavy (non-hydrogen) atoms. The summed E-state index contributed by atoms with van der Waals surface area (Å²) in [4.78, 5) is 0. The zero-order chi connectivity index (χ0) is 10.2. The monoisotopic (exact) mass is 178 g/mol. The highest BCUT2D eigenvalue weighted by molar-refractivity contribution is 5.26. The van der Waals surface area contributed by atoms with E-state index in [0.717, 1.165) is 12.8 Å². The van der Waals surface area contributed by atoms with Crippen LogP contribution in [0.25, 0.3) is 0 Å². The van der Waals surface area contributed by atoms with E-state index in [-0.39, 0.29) is 0 Å². The molecule has 74 valence electrons. The average molecular weight is 178 g/mol. The summed E-state index contributed by atoms with van der Waals surface area (Å²) in [6, 6.07) is 0. The Labute approximate surface area is 82.7 Å². The van der Waals surface area contributed by atoms with E-state index in [0.29, 0.717) is 17.3 Å². The Kier molecular flexibility index (Phi) is 2.70. The van der Waals surface area contributed by atoms with Crippen LogP contribution in [-0.4, -0.2) is 0 Å². The molecule has 0 aliphatic heterocycles. The number of hydrogen-bond acceptors (Lipinski definition) is 0. The first-order chi connectivity index (χ1) is 5.84. The van der Waals surface area contributed by atoms with Crippen molar-refractivity contribution >= 4 is 0 Å². The van der Waals surface area contributed by atoms with Crippen molar-refractivity contribution in [2.75, 3.05) is 0 Å². The predicted molar refractivity (Wildman–Crippen MR) is 59.6 cm³/mol. The first kappa shape index (κ1) is 10.6. The summed E-state index contributed by atoms with van der Waals surface area (Å²) < 4.78 is 0. The number of rotatable bonds is 1. The van der Waals surface area contributed by atoms with Gasteiger partial charge in [-0.15, -0.1) is 0 Å². The van der Waals surface area contributed by atoms with Gasteiger partial charge in [0.25, 0.3) is 0 Å². The summed E-state index contributed by atoms with van der Waals surface area (Å²) in [6.45, 7) is 17.6. The molecule has 1 saturated carbocycles. The van der Waals surface area contributed by atoms with E-state index in [1.54, 1.807) is 0 Å². The van der Waals surface area contributed by atoms with E-state index in [1.807, 2.05) is 0 Å². The smallest absolute Gasteiger partial charge is 0.00324 e. The van der Waals surface area contributed by atoms with Crippen molar-refractivity contribution in [3.63, 3.8) is 0 Å². The second-order valence-corrected chi connectivity index (χ2v) is 5.45. The van der Waals surface area contributed by atoms with Crippen molar-refractivity contribution < 1.29 is 0 Å². The fraction of sp³-hybridized carbons (Fsp3) is 0.692. The Hall–Kier alpha value is -0.520. The van der Waals surface area contributed by atoms with Gasteiger partial charge >= 0.3 is 0 Å². The second kappa shape index (κ2) is 3.32. The molecule has 0 N–H and O–H groups in total. The third kappa shape index (κ3) is 2.04. The summed E-state index contributed by atoms with van der Waals surface area (Å²) in [7, 11) is 0. The van der Waals surface area contributed by atoms with Gasteiger partial charge in [-0.25, -0.2) is 0 Å². The van der Waals surface area contributed by atoms with Crippen LogP contribution in [0.5, 0.6) is 0 Å². The van der Waals surface area contributed by atoms with Gasteiger partial charge in [0.2, 0.25) is 0 Å². The Morgan fingerprint density at radius 2 is 1.54 bits per heavy atom. The maximum atomic E-state index is 4.16. The molecule has 1 fully saturated rings. The van der Waals surface area contributed by atoms with Crippen molar-refractivity contribution in [3.05, 3.63) is 24.3 Å². The first-order valence-electron chi connectivity index (χ1n) is 5.19. The van der Waals surface area contributed by atoms with Crippen LogP contribution in [0.2, 0.25) is 0 Å². The van der Waals surface area contributed by atoms with Gasteiger partial charge in [-0.3, -0.25) is 0 Å². The topological polar surface area (TPSA) is 0 Å². The van der Waals surface area contributed by atoms with Crippen molar-refractivity contribution in [1.82, 2.24) is 0 Å². The normalized spacial score (nSPS) is 22.5. The van der Waals surface area contributed by atoms with Gasteiger partial charge in [0, 0.05) is 5.92 Å². The summed E-state index contributed by atoms with van der Waals surface area (Å²) in [5.74, 6) is 1.23. The zero-order valence-electron chi connectivity index (χ0n) is 9.48. The molecule has 1 aliphatic rings. The quantitative estimate of drug-likeness (QED) is 0.528. The van der Waals surface area contributed by atoms with Gasteiger partial charge in [-0.05, 0) is 24.2 Å². The number of hydrogen-bond donors (Lipinski definition) is 0. The van der Waals surface area contributed by atoms with E-state index >= 15 is 0 Å². The second-order valence-electron chi connectivity index (χ2n) is 5.45. The SMILES string of the molecule is C=C1CCC(=C)C1C(C)C(C)(C)C. The summed E-state index contributed by atoms with van der Waals surface area (Å²) >= 11 is 0. The van der Waals surface area contributed by atoms with Gasteiger partial charge in [-0.1, -0.05) is 52.0 Å². The minimum absolute atomic E-state index is 0.362. The average Bonchev–Trinajstić information content (AvgIpc) is 2.28. The third-order valence-electron chi connectivity index (χ3n) is 3.51. The van der Waals surface area contributed by atoms with E-state index in [1.165, 1.54) is 11.1 Å². The molecule has 0 saturated heterocycles. The lowest BCUT2D eigenvalue weighted by molar-refractivity contribution is 0.221. The minimum Gasteiger partial charge on any atom is -0.0992 e. The molecule has 1 aliphatic carbocycles. The van der Waals surface area contributed by atoms with Crippen molar-refractivity contribution in [3.8, 4) is 0 Å². The molecule has 1 atom stereocenters. The first-order valence-corrected chi connectivity index (χ1v) is 5.19. The van der Waals surface area contributed by atoms with Gasteiger partial charge in [0.05, 0.1) is 0 Å². The molecule has 0 heteroatoms. The molecule has 0 nitrogen and oxygen atoms in total. The molecule has 0 amide bonds. The molecule has 0 aromatic rings. The maximum Gasteiger partial charge on any atom is 0.00324 e. The van der Waals surface area contributed by atoms with E-state index < -0.39 is 0 Å². The molecule has 0 radical (unpaired) electrons. The lowest BCUT2D eigenvalue weighted by atomic mass is 9.71. The third-order valence-corrected chi connectivity index (χ3v) is 3.51. The zero-order valence-corrected chi connectivity index (χ0v) is 9.48. The predicted octanol–water partition coefficient (Wildman–Crippen LogP) is 4.19. The van der Waals surface area contributed by atoms with Gasteiger partial charge in [-0.2, -0.15) is 0 Å². The van der Waals surface area contributed by atoms with E-state index in [4.69, 9.17) is 0 Å². The minimum atomic E-state index is 0.362. The van der Waals surface area contributed by atoms with Crippen LogP contribution in [0.1, 0.15) is 40.5 Å². The molecular weight excluding hydrogens is 156 g/mol. The van der Waals surface area contributed by atoms with Crippen LogP contribution in [0.3, 0.4) is 0 Å².